The molecule has 0 aliphatic heterocycles. The number of rotatable bonds is 11. The Hall–Kier alpha value is -2.53. The Kier molecular flexibility index (Phi) is 8.52. The van der Waals surface area contributed by atoms with Gasteiger partial charge in [-0.3, -0.25) is 4.72 Å². The van der Waals surface area contributed by atoms with Gasteiger partial charge in [0.25, 0.3) is 0 Å². The number of hydrogen-bond acceptors (Lipinski definition) is 9. The lowest BCUT2D eigenvalue weighted by atomic mass is 9.95. The number of aromatic nitrogens is 4. The highest BCUT2D eigenvalue weighted by Crippen LogP contribution is 2.25. The van der Waals surface area contributed by atoms with Crippen LogP contribution in [0.2, 0.25) is 0 Å². The Labute approximate surface area is 184 Å². The number of aliphatic hydroxyl groups is 1. The molecule has 0 bridgehead atoms. The van der Waals surface area contributed by atoms with Gasteiger partial charge in [0.1, 0.15) is 5.82 Å². The molecule has 10 nitrogen and oxygen atoms in total. The molecule has 2 atom stereocenters. The minimum absolute atomic E-state index is 0.0176. The van der Waals surface area contributed by atoms with Gasteiger partial charge in [-0.25, -0.2) is 13.4 Å². The van der Waals surface area contributed by atoms with Gasteiger partial charge in [-0.15, -0.1) is 0 Å². The second-order valence-electron chi connectivity index (χ2n) is 8.11. The third kappa shape index (κ3) is 7.91. The summed E-state index contributed by atoms with van der Waals surface area (Å²) in [4.78, 5) is 17.2. The van der Waals surface area contributed by atoms with Crippen LogP contribution >= 0.6 is 0 Å². The maximum atomic E-state index is 11.7. The van der Waals surface area contributed by atoms with E-state index in [9.17, 15) is 13.5 Å². The van der Waals surface area contributed by atoms with E-state index < -0.39 is 10.0 Å². The number of sulfonamides is 1. The number of nitrogens with zero attached hydrogens (tertiary/aromatic N) is 4. The van der Waals surface area contributed by atoms with Gasteiger partial charge < -0.3 is 15.2 Å². The van der Waals surface area contributed by atoms with Gasteiger partial charge in [0, 0.05) is 18.7 Å². The first-order valence-corrected chi connectivity index (χ1v) is 12.0. The van der Waals surface area contributed by atoms with E-state index in [1.54, 1.807) is 13.3 Å². The lowest BCUT2D eigenvalue weighted by Crippen LogP contribution is -2.27. The van der Waals surface area contributed by atoms with Crippen molar-refractivity contribution in [1.29, 1.82) is 0 Å². The van der Waals surface area contributed by atoms with Crippen molar-refractivity contribution in [1.82, 2.24) is 19.9 Å². The average molecular weight is 453 g/mol. The van der Waals surface area contributed by atoms with Crippen molar-refractivity contribution in [3.63, 3.8) is 0 Å². The quantitative estimate of drug-likeness (QED) is 0.468. The molecule has 2 aromatic rings. The monoisotopic (exact) mass is 452 g/mol. The molecule has 0 spiro atoms. The van der Waals surface area contributed by atoms with Crippen molar-refractivity contribution in [3.8, 4) is 5.88 Å². The zero-order chi connectivity index (χ0) is 23.2. The van der Waals surface area contributed by atoms with Crippen LogP contribution in [0.5, 0.6) is 5.88 Å². The average Bonchev–Trinajstić information content (AvgIpc) is 2.65. The summed E-state index contributed by atoms with van der Waals surface area (Å²) in [5.74, 6) is 1.49. The highest BCUT2D eigenvalue weighted by atomic mass is 32.2. The fraction of sp³-hybridized carbons (Fsp3) is 0.600. The van der Waals surface area contributed by atoms with E-state index in [1.165, 1.54) is 0 Å². The van der Waals surface area contributed by atoms with Crippen LogP contribution < -0.4 is 14.8 Å². The number of aryl methyl sites for hydroxylation is 1. The Morgan fingerprint density at radius 3 is 2.39 bits per heavy atom. The molecule has 0 aliphatic carbocycles. The van der Waals surface area contributed by atoms with Crippen molar-refractivity contribution < 1.29 is 18.3 Å². The highest BCUT2D eigenvalue weighted by molar-refractivity contribution is 7.91. The van der Waals surface area contributed by atoms with Crippen LogP contribution in [0.4, 0.5) is 11.9 Å². The zero-order valence-electron chi connectivity index (χ0n) is 18.9. The SMILES string of the molecule is COc1cc(C)c(C(C)Cc2nc(NC(CO)CC(C)C)nc(NS(C)(=O)=O)n2)cn1. The van der Waals surface area contributed by atoms with Gasteiger partial charge in [-0.05, 0) is 36.3 Å². The van der Waals surface area contributed by atoms with Gasteiger partial charge >= 0.3 is 0 Å². The maximum Gasteiger partial charge on any atom is 0.241 e. The van der Waals surface area contributed by atoms with Crippen molar-refractivity contribution in [2.24, 2.45) is 5.92 Å². The van der Waals surface area contributed by atoms with E-state index in [1.807, 2.05) is 33.8 Å². The fourth-order valence-electron chi connectivity index (χ4n) is 3.27. The van der Waals surface area contributed by atoms with Crippen LogP contribution in [0, 0.1) is 12.8 Å². The molecule has 2 unspecified atom stereocenters. The summed E-state index contributed by atoms with van der Waals surface area (Å²) in [6.45, 7) is 8.00. The molecule has 0 saturated heterocycles. The second-order valence-corrected chi connectivity index (χ2v) is 9.86. The molecule has 0 aromatic carbocycles. The molecule has 31 heavy (non-hydrogen) atoms. The molecule has 0 aliphatic rings. The topological polar surface area (TPSA) is 139 Å². The van der Waals surface area contributed by atoms with Crippen LogP contribution in [0.1, 0.15) is 50.1 Å². The number of pyridine rings is 1. The molecule has 0 amide bonds. The second kappa shape index (κ2) is 10.7. The smallest absolute Gasteiger partial charge is 0.241 e. The minimum atomic E-state index is -3.56. The van der Waals surface area contributed by atoms with Crippen molar-refractivity contribution >= 4 is 21.9 Å². The molecule has 0 fully saturated rings. The van der Waals surface area contributed by atoms with Crippen LogP contribution in [0.3, 0.4) is 0 Å². The lowest BCUT2D eigenvalue weighted by Gasteiger charge is -2.19. The van der Waals surface area contributed by atoms with Crippen molar-refractivity contribution in [2.75, 3.05) is 30.0 Å². The Balaban J connectivity index is 2.33. The zero-order valence-corrected chi connectivity index (χ0v) is 19.7. The van der Waals surface area contributed by atoms with E-state index in [-0.39, 0.29) is 30.5 Å². The van der Waals surface area contributed by atoms with Crippen LogP contribution in [-0.2, 0) is 16.4 Å². The molecule has 2 heterocycles. The van der Waals surface area contributed by atoms with Crippen molar-refractivity contribution in [2.45, 2.75) is 52.5 Å². The number of hydrogen-bond donors (Lipinski definition) is 3. The summed E-state index contributed by atoms with van der Waals surface area (Å²) < 4.78 is 30.9. The van der Waals surface area contributed by atoms with E-state index >= 15 is 0 Å². The Morgan fingerprint density at radius 1 is 1.16 bits per heavy atom. The highest BCUT2D eigenvalue weighted by Gasteiger charge is 2.18. The molecular formula is C20H32N6O4S. The summed E-state index contributed by atoms with van der Waals surface area (Å²) in [5, 5.41) is 12.8. The van der Waals surface area contributed by atoms with Gasteiger partial charge in [-0.1, -0.05) is 20.8 Å². The number of ether oxygens (including phenoxy) is 1. The summed E-state index contributed by atoms with van der Waals surface area (Å²) >= 11 is 0. The van der Waals surface area contributed by atoms with Gasteiger partial charge in [-0.2, -0.15) is 15.0 Å². The summed E-state index contributed by atoms with van der Waals surface area (Å²) in [5.41, 5.74) is 2.04. The van der Waals surface area contributed by atoms with Crippen LogP contribution in [0.25, 0.3) is 0 Å². The molecule has 0 saturated carbocycles. The van der Waals surface area contributed by atoms with E-state index in [2.05, 4.69) is 30.0 Å². The molecule has 11 heteroatoms. The standard InChI is InChI=1S/C20H32N6O4S/c1-12(2)7-15(11-27)22-19-23-17(24-20(25-19)26-31(6,28)29)8-13(3)16-10-21-18(30-5)9-14(16)4/h9-10,12-13,15,27H,7-8,11H2,1-6H3,(H2,22,23,24,25,26). The Morgan fingerprint density at radius 2 is 1.84 bits per heavy atom. The molecule has 2 aromatic heterocycles. The third-order valence-corrected chi connectivity index (χ3v) is 5.18. The first kappa shape index (κ1) is 24.7. The lowest BCUT2D eigenvalue weighted by molar-refractivity contribution is 0.259. The number of methoxy groups -OCH3 is 1. The maximum absolute atomic E-state index is 11.7. The van der Waals surface area contributed by atoms with Crippen LogP contribution in [-0.4, -0.2) is 59.5 Å². The predicted octanol–water partition coefficient (Wildman–Crippen LogP) is 2.12. The molecule has 2 rings (SSSR count). The molecular weight excluding hydrogens is 420 g/mol. The van der Waals surface area contributed by atoms with Gasteiger partial charge in [0.15, 0.2) is 0 Å². The van der Waals surface area contributed by atoms with Gasteiger partial charge in [0.05, 0.1) is 26.0 Å². The summed E-state index contributed by atoms with van der Waals surface area (Å²) in [7, 11) is -1.99. The number of nitrogens with one attached hydrogen (secondary N) is 2. The third-order valence-electron chi connectivity index (χ3n) is 4.62. The minimum Gasteiger partial charge on any atom is -0.481 e. The normalized spacial score (nSPS) is 13.7. The first-order valence-electron chi connectivity index (χ1n) is 10.1. The summed E-state index contributed by atoms with van der Waals surface area (Å²) in [6, 6.07) is 1.60. The van der Waals surface area contributed by atoms with Crippen molar-refractivity contribution in [3.05, 3.63) is 29.2 Å². The first-order chi connectivity index (χ1) is 14.5. The molecule has 172 valence electrons. The summed E-state index contributed by atoms with van der Waals surface area (Å²) in [6.07, 6.45) is 3.95. The van der Waals surface area contributed by atoms with Crippen LogP contribution in [0.15, 0.2) is 12.3 Å². The fourth-order valence-corrected chi connectivity index (χ4v) is 3.69. The molecule has 0 radical (unpaired) electrons. The van der Waals surface area contributed by atoms with E-state index in [0.29, 0.717) is 30.5 Å². The van der Waals surface area contributed by atoms with Gasteiger partial charge in [0.2, 0.25) is 27.8 Å². The predicted molar refractivity (Wildman–Crippen MR) is 120 cm³/mol. The largest absolute Gasteiger partial charge is 0.481 e. The molecule has 3 N–H and O–H groups in total. The van der Waals surface area contributed by atoms with E-state index in [0.717, 1.165) is 17.4 Å². The number of anilines is 2. The number of aliphatic hydroxyl groups excluding tert-OH is 1. The Bertz CT molecular complexity index is 984. The van der Waals surface area contributed by atoms with E-state index in [4.69, 9.17) is 4.74 Å².